The first-order valence-corrected chi connectivity index (χ1v) is 8.68. The quantitative estimate of drug-likeness (QED) is 0.224. The molecule has 0 aromatic carbocycles. The van der Waals surface area contributed by atoms with Crippen molar-refractivity contribution >= 4 is 34.5 Å². The van der Waals surface area contributed by atoms with E-state index in [1.165, 1.54) is 0 Å². The average molecular weight is 438 g/mol. The predicted molar refractivity (Wildman–Crippen MR) is 83.7 cm³/mol. The van der Waals surface area contributed by atoms with Crippen molar-refractivity contribution < 1.29 is 32.2 Å². The lowest BCUT2D eigenvalue weighted by atomic mass is 10.1. The maximum absolute atomic E-state index is 12.1. The van der Waals surface area contributed by atoms with Crippen molar-refractivity contribution in [2.24, 2.45) is 5.92 Å². The molecule has 0 spiro atoms. The van der Waals surface area contributed by atoms with Crippen LogP contribution in [0.1, 0.15) is 46.0 Å². The fraction of sp³-hybridized carbons (Fsp3) is 0.857. The van der Waals surface area contributed by atoms with Gasteiger partial charge in [0.25, 0.3) is 0 Å². The SMILES string of the molecule is CC(C)CCCCCOC(=O)CC(CI)OC(=O)C(F)(F)F. The summed E-state index contributed by atoms with van der Waals surface area (Å²) in [4.78, 5) is 22.2. The average Bonchev–Trinajstić information content (AvgIpc) is 2.40. The van der Waals surface area contributed by atoms with Gasteiger partial charge in [0.2, 0.25) is 0 Å². The number of alkyl halides is 4. The van der Waals surface area contributed by atoms with Gasteiger partial charge in [0.1, 0.15) is 6.10 Å². The van der Waals surface area contributed by atoms with Gasteiger partial charge in [-0.1, -0.05) is 55.7 Å². The van der Waals surface area contributed by atoms with Crippen LogP contribution in [0.3, 0.4) is 0 Å². The molecule has 1 unspecified atom stereocenters. The minimum atomic E-state index is -5.05. The van der Waals surface area contributed by atoms with E-state index in [-0.39, 0.29) is 17.5 Å². The number of hydrogen-bond donors (Lipinski definition) is 0. The molecule has 0 saturated carbocycles. The van der Waals surface area contributed by atoms with Gasteiger partial charge in [0.15, 0.2) is 0 Å². The molecule has 130 valence electrons. The molecule has 4 nitrogen and oxygen atoms in total. The number of carbonyl (C=O) groups is 2. The Morgan fingerprint density at radius 2 is 1.77 bits per heavy atom. The normalized spacial score (nSPS) is 13.0. The summed E-state index contributed by atoms with van der Waals surface area (Å²) in [6.45, 7) is 4.50. The third-order valence-corrected chi connectivity index (χ3v) is 3.74. The van der Waals surface area contributed by atoms with E-state index >= 15 is 0 Å². The van der Waals surface area contributed by atoms with Gasteiger partial charge in [0, 0.05) is 4.43 Å². The first-order valence-electron chi connectivity index (χ1n) is 7.16. The lowest BCUT2D eigenvalue weighted by Gasteiger charge is -2.16. The second-order valence-electron chi connectivity index (χ2n) is 5.35. The summed E-state index contributed by atoms with van der Waals surface area (Å²) in [5, 5.41) is 0. The van der Waals surface area contributed by atoms with Crippen molar-refractivity contribution in [3.8, 4) is 0 Å². The predicted octanol–water partition coefficient (Wildman–Crippen LogP) is 4.05. The summed E-state index contributed by atoms with van der Waals surface area (Å²) in [5.41, 5.74) is 0. The van der Waals surface area contributed by atoms with Crippen LogP contribution in [-0.4, -0.2) is 35.3 Å². The largest absolute Gasteiger partial charge is 0.490 e. The fourth-order valence-electron chi connectivity index (χ4n) is 1.61. The molecule has 0 bridgehead atoms. The van der Waals surface area contributed by atoms with E-state index in [1.807, 2.05) is 0 Å². The van der Waals surface area contributed by atoms with E-state index in [0.717, 1.165) is 25.7 Å². The minimum Gasteiger partial charge on any atom is -0.466 e. The highest BCUT2D eigenvalue weighted by Crippen LogP contribution is 2.19. The molecule has 0 fully saturated rings. The molecule has 0 aromatic rings. The number of esters is 2. The van der Waals surface area contributed by atoms with Crippen molar-refractivity contribution in [2.45, 2.75) is 58.2 Å². The van der Waals surface area contributed by atoms with Crippen molar-refractivity contribution in [1.82, 2.24) is 0 Å². The zero-order valence-electron chi connectivity index (χ0n) is 12.7. The standard InChI is InChI=1S/C14H22F3IO4/c1-10(2)6-4-3-5-7-21-12(19)8-11(9-18)22-13(20)14(15,16)17/h10-11H,3-9H2,1-2H3. The van der Waals surface area contributed by atoms with Crippen molar-refractivity contribution in [1.29, 1.82) is 0 Å². The van der Waals surface area contributed by atoms with Gasteiger partial charge in [-0.3, -0.25) is 4.79 Å². The van der Waals surface area contributed by atoms with Gasteiger partial charge >= 0.3 is 18.1 Å². The zero-order chi connectivity index (χ0) is 17.2. The molecular formula is C14H22F3IO4. The summed E-state index contributed by atoms with van der Waals surface area (Å²) < 4.78 is 45.5. The number of carbonyl (C=O) groups excluding carboxylic acids is 2. The highest BCUT2D eigenvalue weighted by Gasteiger charge is 2.42. The molecule has 0 saturated heterocycles. The van der Waals surface area contributed by atoms with E-state index in [2.05, 4.69) is 18.6 Å². The summed E-state index contributed by atoms with van der Waals surface area (Å²) >= 11 is 1.75. The van der Waals surface area contributed by atoms with Crippen LogP contribution in [0.5, 0.6) is 0 Å². The maximum Gasteiger partial charge on any atom is 0.490 e. The lowest BCUT2D eigenvalue weighted by Crippen LogP contribution is -2.32. The van der Waals surface area contributed by atoms with Gasteiger partial charge in [-0.15, -0.1) is 0 Å². The summed E-state index contributed by atoms with van der Waals surface area (Å²) in [5.74, 6) is -2.30. The molecule has 8 heteroatoms. The highest BCUT2D eigenvalue weighted by molar-refractivity contribution is 14.1. The number of ether oxygens (including phenoxy) is 2. The third kappa shape index (κ3) is 11.1. The van der Waals surface area contributed by atoms with E-state index in [9.17, 15) is 22.8 Å². The Bertz CT molecular complexity index is 345. The van der Waals surface area contributed by atoms with Gasteiger partial charge < -0.3 is 9.47 Å². The molecule has 0 N–H and O–H groups in total. The molecule has 0 amide bonds. The van der Waals surface area contributed by atoms with Crippen molar-refractivity contribution in [2.75, 3.05) is 11.0 Å². The summed E-state index contributed by atoms with van der Waals surface area (Å²) in [6, 6.07) is 0. The van der Waals surface area contributed by atoms with Crippen LogP contribution in [0, 0.1) is 5.92 Å². The third-order valence-electron chi connectivity index (χ3n) is 2.76. The number of halogens is 4. The molecule has 0 aliphatic carbocycles. The van der Waals surface area contributed by atoms with E-state index in [1.54, 1.807) is 22.6 Å². The number of hydrogen-bond acceptors (Lipinski definition) is 4. The number of unbranched alkanes of at least 4 members (excludes halogenated alkanes) is 2. The Labute approximate surface area is 142 Å². The molecular weight excluding hydrogens is 416 g/mol. The monoisotopic (exact) mass is 438 g/mol. The molecule has 0 rings (SSSR count). The number of rotatable bonds is 10. The Kier molecular flexibility index (Phi) is 10.8. The zero-order valence-corrected chi connectivity index (χ0v) is 14.9. The van der Waals surface area contributed by atoms with Crippen LogP contribution in [0.4, 0.5) is 13.2 Å². The van der Waals surface area contributed by atoms with Crippen molar-refractivity contribution in [3.05, 3.63) is 0 Å². The molecule has 0 aliphatic heterocycles. The first-order chi connectivity index (χ1) is 10.2. The minimum absolute atomic E-state index is 0.0864. The lowest BCUT2D eigenvalue weighted by molar-refractivity contribution is -0.204. The van der Waals surface area contributed by atoms with Crippen LogP contribution < -0.4 is 0 Å². The Hall–Kier alpha value is -0.540. The molecule has 1 atom stereocenters. The second-order valence-corrected chi connectivity index (χ2v) is 6.23. The molecule has 0 radical (unpaired) electrons. The Balaban J connectivity index is 3.90. The topological polar surface area (TPSA) is 52.6 Å². The van der Waals surface area contributed by atoms with Crippen molar-refractivity contribution in [3.63, 3.8) is 0 Å². The van der Waals surface area contributed by atoms with Crippen LogP contribution in [0.25, 0.3) is 0 Å². The van der Waals surface area contributed by atoms with Crippen LogP contribution in [0.15, 0.2) is 0 Å². The van der Waals surface area contributed by atoms with Gasteiger partial charge in [-0.2, -0.15) is 13.2 Å². The molecule has 0 heterocycles. The van der Waals surface area contributed by atoms with Gasteiger partial charge in [-0.25, -0.2) is 4.79 Å². The maximum atomic E-state index is 12.1. The van der Waals surface area contributed by atoms with Gasteiger partial charge in [-0.05, 0) is 12.3 Å². The Morgan fingerprint density at radius 3 is 2.27 bits per heavy atom. The second kappa shape index (κ2) is 11.1. The highest BCUT2D eigenvalue weighted by atomic mass is 127. The first kappa shape index (κ1) is 21.5. The van der Waals surface area contributed by atoms with Crippen LogP contribution in [-0.2, 0) is 19.1 Å². The molecule has 0 aliphatic rings. The Morgan fingerprint density at radius 1 is 1.14 bits per heavy atom. The van der Waals surface area contributed by atoms with Gasteiger partial charge in [0.05, 0.1) is 13.0 Å². The van der Waals surface area contributed by atoms with E-state index in [4.69, 9.17) is 4.74 Å². The van der Waals surface area contributed by atoms with Crippen LogP contribution >= 0.6 is 22.6 Å². The van der Waals surface area contributed by atoms with Crippen LogP contribution in [0.2, 0.25) is 0 Å². The fourth-order valence-corrected chi connectivity index (χ4v) is 2.10. The van der Waals surface area contributed by atoms with E-state index in [0.29, 0.717) is 5.92 Å². The molecule has 0 aromatic heterocycles. The summed E-state index contributed by atoms with van der Waals surface area (Å²) in [6.07, 6.45) is -2.73. The smallest absolute Gasteiger partial charge is 0.466 e. The summed E-state index contributed by atoms with van der Waals surface area (Å²) in [7, 11) is 0. The molecule has 22 heavy (non-hydrogen) atoms. The van der Waals surface area contributed by atoms with E-state index < -0.39 is 24.2 Å².